The fourth-order valence-electron chi connectivity index (χ4n) is 0.640. The van der Waals surface area contributed by atoms with Gasteiger partial charge in [0.25, 0.3) is 0 Å². The predicted molar refractivity (Wildman–Crippen MR) is 52.0 cm³/mol. The Bertz CT molecular complexity index is 214. The number of carbonyl (C=O) groups excluding carboxylic acids is 2. The van der Waals surface area contributed by atoms with Crippen LogP contribution in [0.2, 0.25) is 0 Å². The largest absolute Gasteiger partial charge is 0.508 e. The zero-order chi connectivity index (χ0) is 12.4. The van der Waals surface area contributed by atoms with Crippen LogP contribution in [0.15, 0.2) is 0 Å². The maximum absolute atomic E-state index is 10.8. The lowest BCUT2D eigenvalue weighted by atomic mass is 10.5. The summed E-state index contributed by atoms with van der Waals surface area (Å²) in [4.78, 5) is 21.4. The van der Waals surface area contributed by atoms with E-state index in [1.54, 1.807) is 6.92 Å². The molecule has 0 aliphatic heterocycles. The summed E-state index contributed by atoms with van der Waals surface area (Å²) >= 11 is 0. The van der Waals surface area contributed by atoms with Crippen LogP contribution < -0.4 is 0 Å². The first-order chi connectivity index (χ1) is 7.56. The third kappa shape index (κ3) is 9.07. The number of aliphatic hydroxyl groups excluding tert-OH is 1. The first-order valence-electron chi connectivity index (χ1n) is 4.83. The van der Waals surface area contributed by atoms with Crippen molar-refractivity contribution in [1.29, 1.82) is 0 Å². The number of rotatable bonds is 6. The van der Waals surface area contributed by atoms with Crippen molar-refractivity contribution in [3.05, 3.63) is 0 Å². The van der Waals surface area contributed by atoms with Gasteiger partial charge in [0.2, 0.25) is 0 Å². The van der Waals surface area contributed by atoms with Crippen molar-refractivity contribution in [2.75, 3.05) is 26.4 Å². The van der Waals surface area contributed by atoms with Crippen LogP contribution >= 0.6 is 0 Å². The quantitative estimate of drug-likeness (QED) is 0.536. The summed E-state index contributed by atoms with van der Waals surface area (Å²) in [5, 5.41) is 8.79. The lowest BCUT2D eigenvalue weighted by Crippen LogP contribution is -2.19. The number of carbonyl (C=O) groups is 2. The van der Waals surface area contributed by atoms with Crippen LogP contribution in [-0.4, -0.2) is 49.9 Å². The SMILES string of the molecule is CCOC(=O)OCCOC(=O)OCC(C)O. The van der Waals surface area contributed by atoms with Crippen LogP contribution in [-0.2, 0) is 18.9 Å². The highest BCUT2D eigenvalue weighted by Gasteiger charge is 2.07. The summed E-state index contributed by atoms with van der Waals surface area (Å²) in [6.45, 7) is 2.95. The molecule has 0 aliphatic carbocycles. The standard InChI is InChI=1S/C9H16O7/c1-3-13-8(11)14-4-5-15-9(12)16-6-7(2)10/h7,10H,3-6H2,1-2H3. The summed E-state index contributed by atoms with van der Waals surface area (Å²) in [6, 6.07) is 0. The predicted octanol–water partition coefficient (Wildman–Crippen LogP) is 0.694. The van der Waals surface area contributed by atoms with Crippen LogP contribution in [0.25, 0.3) is 0 Å². The van der Waals surface area contributed by atoms with Crippen LogP contribution in [0.5, 0.6) is 0 Å². The Balaban J connectivity index is 3.37. The van der Waals surface area contributed by atoms with E-state index in [-0.39, 0.29) is 26.4 Å². The molecule has 1 atom stereocenters. The molecule has 0 radical (unpaired) electrons. The average Bonchev–Trinajstić information content (AvgIpc) is 2.22. The Hall–Kier alpha value is -1.50. The second-order valence-electron chi connectivity index (χ2n) is 2.79. The Morgan fingerprint density at radius 3 is 2.00 bits per heavy atom. The zero-order valence-electron chi connectivity index (χ0n) is 9.30. The highest BCUT2D eigenvalue weighted by atomic mass is 16.7. The maximum atomic E-state index is 10.8. The molecule has 0 aromatic heterocycles. The van der Waals surface area contributed by atoms with E-state index < -0.39 is 18.4 Å². The third-order valence-corrected chi connectivity index (χ3v) is 1.23. The molecule has 1 unspecified atom stereocenters. The minimum absolute atomic E-state index is 0.109. The molecule has 7 heteroatoms. The molecule has 0 aromatic rings. The minimum atomic E-state index is -0.923. The van der Waals surface area contributed by atoms with Crippen LogP contribution in [0.3, 0.4) is 0 Å². The number of aliphatic hydroxyl groups is 1. The molecule has 0 saturated carbocycles. The van der Waals surface area contributed by atoms with Crippen LogP contribution in [0.1, 0.15) is 13.8 Å². The summed E-state index contributed by atoms with van der Waals surface area (Å²) in [7, 11) is 0. The first kappa shape index (κ1) is 14.5. The molecule has 0 heterocycles. The number of ether oxygens (including phenoxy) is 4. The van der Waals surface area contributed by atoms with Gasteiger partial charge in [-0.25, -0.2) is 9.59 Å². The lowest BCUT2D eigenvalue weighted by Gasteiger charge is -2.07. The number of hydrogen-bond donors (Lipinski definition) is 1. The van der Waals surface area contributed by atoms with Crippen molar-refractivity contribution in [2.24, 2.45) is 0 Å². The van der Waals surface area contributed by atoms with Crippen molar-refractivity contribution in [3.8, 4) is 0 Å². The molecule has 0 rings (SSSR count). The monoisotopic (exact) mass is 236 g/mol. The van der Waals surface area contributed by atoms with Gasteiger partial charge in [-0.3, -0.25) is 0 Å². The maximum Gasteiger partial charge on any atom is 0.508 e. The fourth-order valence-corrected chi connectivity index (χ4v) is 0.640. The highest BCUT2D eigenvalue weighted by molar-refractivity contribution is 5.60. The van der Waals surface area contributed by atoms with Gasteiger partial charge in [0.1, 0.15) is 19.8 Å². The summed E-state index contributed by atoms with van der Waals surface area (Å²) in [5.74, 6) is 0. The van der Waals surface area contributed by atoms with Gasteiger partial charge in [0, 0.05) is 0 Å². The van der Waals surface area contributed by atoms with E-state index in [0.29, 0.717) is 0 Å². The van der Waals surface area contributed by atoms with Gasteiger partial charge in [0.15, 0.2) is 0 Å². The highest BCUT2D eigenvalue weighted by Crippen LogP contribution is 1.90. The molecule has 0 fully saturated rings. The van der Waals surface area contributed by atoms with Crippen molar-refractivity contribution >= 4 is 12.3 Å². The molecule has 0 aromatic carbocycles. The molecule has 1 N–H and O–H groups in total. The van der Waals surface area contributed by atoms with Gasteiger partial charge in [-0.1, -0.05) is 0 Å². The Labute approximate surface area is 93.2 Å². The van der Waals surface area contributed by atoms with Crippen molar-refractivity contribution in [1.82, 2.24) is 0 Å². The Morgan fingerprint density at radius 1 is 1.06 bits per heavy atom. The number of hydrogen-bond acceptors (Lipinski definition) is 7. The van der Waals surface area contributed by atoms with Crippen molar-refractivity contribution in [3.63, 3.8) is 0 Å². The molecule has 16 heavy (non-hydrogen) atoms. The molecule has 0 bridgehead atoms. The lowest BCUT2D eigenvalue weighted by molar-refractivity contribution is 0.00557. The molecule has 0 spiro atoms. The summed E-state index contributed by atoms with van der Waals surface area (Å²) in [6.07, 6.45) is -2.49. The van der Waals surface area contributed by atoms with E-state index >= 15 is 0 Å². The Morgan fingerprint density at radius 2 is 1.56 bits per heavy atom. The normalized spacial score (nSPS) is 11.4. The van der Waals surface area contributed by atoms with Gasteiger partial charge in [0.05, 0.1) is 12.7 Å². The Kier molecular flexibility index (Phi) is 7.96. The summed E-state index contributed by atoms with van der Waals surface area (Å²) < 4.78 is 18.0. The molecule has 0 amide bonds. The van der Waals surface area contributed by atoms with E-state index in [4.69, 9.17) is 5.11 Å². The third-order valence-electron chi connectivity index (χ3n) is 1.23. The molecular formula is C9H16O7. The molecule has 0 saturated heterocycles. The molecule has 94 valence electrons. The smallest absolute Gasteiger partial charge is 0.435 e. The topological polar surface area (TPSA) is 91.3 Å². The van der Waals surface area contributed by atoms with E-state index in [0.717, 1.165) is 0 Å². The van der Waals surface area contributed by atoms with E-state index in [1.807, 2.05) is 0 Å². The second-order valence-corrected chi connectivity index (χ2v) is 2.79. The van der Waals surface area contributed by atoms with E-state index in [2.05, 4.69) is 18.9 Å². The van der Waals surface area contributed by atoms with Gasteiger partial charge in [-0.2, -0.15) is 0 Å². The van der Waals surface area contributed by atoms with Crippen LogP contribution in [0, 0.1) is 0 Å². The van der Waals surface area contributed by atoms with Gasteiger partial charge in [-0.15, -0.1) is 0 Å². The first-order valence-corrected chi connectivity index (χ1v) is 4.83. The van der Waals surface area contributed by atoms with Crippen molar-refractivity contribution in [2.45, 2.75) is 20.0 Å². The average molecular weight is 236 g/mol. The second kappa shape index (κ2) is 8.78. The van der Waals surface area contributed by atoms with Gasteiger partial charge in [-0.05, 0) is 13.8 Å². The molecule has 7 nitrogen and oxygen atoms in total. The van der Waals surface area contributed by atoms with E-state index in [9.17, 15) is 9.59 Å². The molecule has 0 aliphatic rings. The fraction of sp³-hybridized carbons (Fsp3) is 0.778. The summed E-state index contributed by atoms with van der Waals surface area (Å²) in [5.41, 5.74) is 0. The molecular weight excluding hydrogens is 220 g/mol. The van der Waals surface area contributed by atoms with E-state index in [1.165, 1.54) is 6.92 Å². The van der Waals surface area contributed by atoms with Gasteiger partial charge < -0.3 is 24.1 Å². The van der Waals surface area contributed by atoms with Crippen LogP contribution in [0.4, 0.5) is 9.59 Å². The van der Waals surface area contributed by atoms with Gasteiger partial charge >= 0.3 is 12.3 Å². The van der Waals surface area contributed by atoms with Crippen molar-refractivity contribution < 1.29 is 33.6 Å². The minimum Gasteiger partial charge on any atom is -0.435 e. The zero-order valence-corrected chi connectivity index (χ0v) is 9.30.